The minimum Gasteiger partial charge on any atom is -0.381 e. The lowest BCUT2D eigenvalue weighted by molar-refractivity contribution is -0.298. The van der Waals surface area contributed by atoms with Crippen molar-refractivity contribution in [2.45, 2.75) is 71.1 Å². The summed E-state index contributed by atoms with van der Waals surface area (Å²) in [4.78, 5) is 23.5. The fourth-order valence-electron chi connectivity index (χ4n) is 3.43. The van der Waals surface area contributed by atoms with Crippen LogP contribution in [0.15, 0.2) is 0 Å². The molecule has 1 aliphatic heterocycles. The van der Waals surface area contributed by atoms with Crippen LogP contribution in [0.25, 0.3) is 0 Å². The van der Waals surface area contributed by atoms with Crippen molar-refractivity contribution in [1.29, 1.82) is 0 Å². The summed E-state index contributed by atoms with van der Waals surface area (Å²) >= 11 is 0. The van der Waals surface area contributed by atoms with Crippen LogP contribution in [0.5, 0.6) is 0 Å². The monoisotopic (exact) mass is 301 g/mol. The van der Waals surface area contributed by atoms with Crippen LogP contribution in [-0.4, -0.2) is 54.7 Å². The van der Waals surface area contributed by atoms with Gasteiger partial charge in [-0.3, -0.25) is 9.69 Å². The standard InChI is InChI=1S/C16H31NO4/c1-13(18)7-9-20-21-10-8-17-15(2,3)11-14(19-6)12-16(17,4)5/h14H,7-12H2,1-6H3. The molecule has 1 fully saturated rings. The first-order chi connectivity index (χ1) is 9.69. The Labute approximate surface area is 128 Å². The van der Waals surface area contributed by atoms with E-state index in [-0.39, 0.29) is 16.9 Å². The summed E-state index contributed by atoms with van der Waals surface area (Å²) in [5, 5.41) is 0. The van der Waals surface area contributed by atoms with Gasteiger partial charge in [-0.25, -0.2) is 9.78 Å². The highest BCUT2D eigenvalue weighted by molar-refractivity contribution is 5.75. The highest BCUT2D eigenvalue weighted by Gasteiger charge is 2.45. The lowest BCUT2D eigenvalue weighted by Crippen LogP contribution is -2.62. The molecule has 0 bridgehead atoms. The number of nitrogens with zero attached hydrogens (tertiary/aromatic N) is 1. The van der Waals surface area contributed by atoms with Gasteiger partial charge in [-0.1, -0.05) is 0 Å². The molecule has 0 aliphatic carbocycles. The maximum absolute atomic E-state index is 10.8. The third kappa shape index (κ3) is 5.66. The maximum Gasteiger partial charge on any atom is 0.132 e. The van der Waals surface area contributed by atoms with Crippen LogP contribution in [0.3, 0.4) is 0 Å². The van der Waals surface area contributed by atoms with Gasteiger partial charge in [-0.2, -0.15) is 0 Å². The zero-order valence-electron chi connectivity index (χ0n) is 14.4. The molecular formula is C16H31NO4. The number of ketones is 1. The van der Waals surface area contributed by atoms with Crippen molar-refractivity contribution in [3.8, 4) is 0 Å². The van der Waals surface area contributed by atoms with Crippen molar-refractivity contribution in [3.63, 3.8) is 0 Å². The number of piperidine rings is 1. The van der Waals surface area contributed by atoms with Crippen LogP contribution in [0.2, 0.25) is 0 Å². The van der Waals surface area contributed by atoms with E-state index in [1.165, 1.54) is 0 Å². The quantitative estimate of drug-likeness (QED) is 0.392. The fraction of sp³-hybridized carbons (Fsp3) is 0.938. The highest BCUT2D eigenvalue weighted by Crippen LogP contribution is 2.38. The van der Waals surface area contributed by atoms with Crippen LogP contribution >= 0.6 is 0 Å². The predicted molar refractivity (Wildman–Crippen MR) is 82.1 cm³/mol. The van der Waals surface area contributed by atoms with Gasteiger partial charge in [0.1, 0.15) is 5.78 Å². The van der Waals surface area contributed by atoms with Crippen LogP contribution in [-0.2, 0) is 19.3 Å². The zero-order chi connectivity index (χ0) is 16.1. The Hall–Kier alpha value is -0.490. The SMILES string of the molecule is COC1CC(C)(C)N(CCOOCCC(C)=O)C(C)(C)C1. The van der Waals surface area contributed by atoms with Crippen molar-refractivity contribution in [2.75, 3.05) is 26.9 Å². The van der Waals surface area contributed by atoms with Gasteiger partial charge in [0.05, 0.1) is 19.3 Å². The Kier molecular flexibility index (Phi) is 6.78. The van der Waals surface area contributed by atoms with E-state index in [1.807, 2.05) is 0 Å². The van der Waals surface area contributed by atoms with Crippen molar-refractivity contribution < 1.29 is 19.3 Å². The molecule has 0 amide bonds. The van der Waals surface area contributed by atoms with Gasteiger partial charge < -0.3 is 4.74 Å². The molecule has 0 unspecified atom stereocenters. The van der Waals surface area contributed by atoms with Crippen LogP contribution < -0.4 is 0 Å². The number of methoxy groups -OCH3 is 1. The number of rotatable bonds is 8. The molecule has 0 saturated carbocycles. The zero-order valence-corrected chi connectivity index (χ0v) is 14.4. The first-order valence-corrected chi connectivity index (χ1v) is 7.73. The molecule has 21 heavy (non-hydrogen) atoms. The summed E-state index contributed by atoms with van der Waals surface area (Å²) < 4.78 is 5.58. The molecule has 1 saturated heterocycles. The molecule has 0 N–H and O–H groups in total. The lowest BCUT2D eigenvalue weighted by atomic mass is 9.78. The highest BCUT2D eigenvalue weighted by atomic mass is 17.2. The van der Waals surface area contributed by atoms with Gasteiger partial charge in [-0.15, -0.1) is 0 Å². The Morgan fingerprint density at radius 1 is 1.10 bits per heavy atom. The third-order valence-electron chi connectivity index (χ3n) is 4.27. The van der Waals surface area contributed by atoms with Crippen molar-refractivity contribution >= 4 is 5.78 Å². The normalized spacial score (nSPS) is 22.4. The molecule has 0 aromatic heterocycles. The van der Waals surface area contributed by atoms with E-state index < -0.39 is 0 Å². The largest absolute Gasteiger partial charge is 0.381 e. The minimum atomic E-state index is 0.0607. The van der Waals surface area contributed by atoms with E-state index >= 15 is 0 Å². The van der Waals surface area contributed by atoms with Gasteiger partial charge in [-0.05, 0) is 47.5 Å². The second kappa shape index (κ2) is 7.68. The summed E-state index contributed by atoms with van der Waals surface area (Å²) in [6, 6.07) is 0. The molecular weight excluding hydrogens is 270 g/mol. The molecule has 0 aromatic carbocycles. The molecule has 5 heteroatoms. The van der Waals surface area contributed by atoms with Gasteiger partial charge in [0, 0.05) is 31.2 Å². The average Bonchev–Trinajstić information content (AvgIpc) is 2.34. The molecule has 0 radical (unpaired) electrons. The molecule has 1 aliphatic rings. The van der Waals surface area contributed by atoms with E-state index in [0.717, 1.165) is 19.4 Å². The third-order valence-corrected chi connectivity index (χ3v) is 4.27. The Morgan fingerprint density at radius 3 is 2.10 bits per heavy atom. The summed E-state index contributed by atoms with van der Waals surface area (Å²) in [7, 11) is 1.79. The number of likely N-dealkylation sites (tertiary alicyclic amines) is 1. The number of hydrogen-bond donors (Lipinski definition) is 0. The predicted octanol–water partition coefficient (Wildman–Crippen LogP) is 2.58. The van der Waals surface area contributed by atoms with Gasteiger partial charge in [0.15, 0.2) is 0 Å². The van der Waals surface area contributed by atoms with Gasteiger partial charge in [0.25, 0.3) is 0 Å². The molecule has 124 valence electrons. The van der Waals surface area contributed by atoms with Crippen molar-refractivity contribution in [3.05, 3.63) is 0 Å². The van der Waals surface area contributed by atoms with Crippen LogP contribution in [0, 0.1) is 0 Å². The summed E-state index contributed by atoms with van der Waals surface area (Å²) in [6.45, 7) is 12.2. The number of carbonyl (C=O) groups excluding carboxylic acids is 1. The first kappa shape index (κ1) is 18.6. The molecule has 0 atom stereocenters. The Balaban J connectivity index is 2.43. The molecule has 1 heterocycles. The number of carbonyl (C=O) groups is 1. The topological polar surface area (TPSA) is 48.0 Å². The summed E-state index contributed by atoms with van der Waals surface area (Å²) in [5.74, 6) is 0.113. The number of Topliss-reactive ketones (excluding diaryl/α,β-unsaturated/α-hetero) is 1. The van der Waals surface area contributed by atoms with E-state index in [9.17, 15) is 4.79 Å². The molecule has 1 rings (SSSR count). The second-order valence-corrected chi connectivity index (χ2v) is 7.14. The minimum absolute atomic E-state index is 0.0607. The average molecular weight is 301 g/mol. The number of ether oxygens (including phenoxy) is 1. The Bertz CT molecular complexity index is 323. The lowest BCUT2D eigenvalue weighted by Gasteiger charge is -2.55. The van der Waals surface area contributed by atoms with Gasteiger partial charge >= 0.3 is 0 Å². The summed E-state index contributed by atoms with van der Waals surface area (Å²) in [5.41, 5.74) is 0.121. The van der Waals surface area contributed by atoms with E-state index in [1.54, 1.807) is 14.0 Å². The van der Waals surface area contributed by atoms with Gasteiger partial charge in [0.2, 0.25) is 0 Å². The molecule has 0 spiro atoms. The van der Waals surface area contributed by atoms with Crippen molar-refractivity contribution in [2.24, 2.45) is 0 Å². The summed E-state index contributed by atoms with van der Waals surface area (Å²) in [6.07, 6.45) is 2.73. The van der Waals surface area contributed by atoms with Crippen LogP contribution in [0.1, 0.15) is 53.9 Å². The van der Waals surface area contributed by atoms with E-state index in [2.05, 4.69) is 32.6 Å². The van der Waals surface area contributed by atoms with E-state index in [4.69, 9.17) is 14.5 Å². The first-order valence-electron chi connectivity index (χ1n) is 7.73. The fourth-order valence-corrected chi connectivity index (χ4v) is 3.43. The second-order valence-electron chi connectivity index (χ2n) is 7.14. The van der Waals surface area contributed by atoms with Crippen molar-refractivity contribution in [1.82, 2.24) is 4.90 Å². The number of hydrogen-bond acceptors (Lipinski definition) is 5. The van der Waals surface area contributed by atoms with E-state index in [0.29, 0.717) is 25.7 Å². The Morgan fingerprint density at radius 2 is 1.62 bits per heavy atom. The smallest absolute Gasteiger partial charge is 0.132 e. The van der Waals surface area contributed by atoms with Crippen LogP contribution in [0.4, 0.5) is 0 Å². The molecule has 5 nitrogen and oxygen atoms in total. The molecule has 0 aromatic rings. The maximum atomic E-state index is 10.8.